The average molecular weight is 301 g/mol. The molecule has 2 rings (SSSR count). The lowest BCUT2D eigenvalue weighted by molar-refractivity contribution is 0.462. The molecule has 0 amide bonds. The number of hydrogen-bond acceptors (Lipinski definition) is 3. The molecule has 1 aromatic heterocycles. The first kappa shape index (κ1) is 17.7. The molecule has 1 atom stereocenters. The third kappa shape index (κ3) is 5.07. The van der Waals surface area contributed by atoms with Gasteiger partial charge in [-0.15, -0.1) is 24.8 Å². The fourth-order valence-corrected chi connectivity index (χ4v) is 1.45. The van der Waals surface area contributed by atoms with Gasteiger partial charge in [0.05, 0.1) is 0 Å². The van der Waals surface area contributed by atoms with Crippen LogP contribution in [0.2, 0.25) is 0 Å². The van der Waals surface area contributed by atoms with Gasteiger partial charge in [0.1, 0.15) is 5.75 Å². The second-order valence-corrected chi connectivity index (χ2v) is 4.13. The molecule has 1 heterocycles. The molecule has 0 bridgehead atoms. The van der Waals surface area contributed by atoms with E-state index in [2.05, 4.69) is 4.98 Å². The molecule has 0 aliphatic carbocycles. The molecular formula is C14H18Cl2N2O. The first-order valence-corrected chi connectivity index (χ1v) is 5.61. The van der Waals surface area contributed by atoms with Gasteiger partial charge in [-0.25, -0.2) is 4.98 Å². The number of rotatable bonds is 3. The van der Waals surface area contributed by atoms with Crippen molar-refractivity contribution in [3.05, 3.63) is 53.7 Å². The molecule has 2 aromatic rings. The van der Waals surface area contributed by atoms with Crippen molar-refractivity contribution < 1.29 is 4.74 Å². The van der Waals surface area contributed by atoms with Crippen LogP contribution in [-0.2, 0) is 0 Å². The van der Waals surface area contributed by atoms with E-state index in [9.17, 15) is 0 Å². The van der Waals surface area contributed by atoms with Crippen molar-refractivity contribution in [3.8, 4) is 11.6 Å². The van der Waals surface area contributed by atoms with Crippen LogP contribution in [0.4, 0.5) is 0 Å². The molecule has 0 fully saturated rings. The lowest BCUT2D eigenvalue weighted by Gasteiger charge is -2.07. The highest BCUT2D eigenvalue weighted by atomic mass is 35.5. The Morgan fingerprint density at radius 2 is 1.68 bits per heavy atom. The zero-order chi connectivity index (χ0) is 12.3. The van der Waals surface area contributed by atoms with Gasteiger partial charge in [-0.3, -0.25) is 0 Å². The molecular weight excluding hydrogens is 283 g/mol. The van der Waals surface area contributed by atoms with Crippen molar-refractivity contribution >= 4 is 24.8 Å². The van der Waals surface area contributed by atoms with Gasteiger partial charge in [0.25, 0.3) is 0 Å². The molecule has 0 aliphatic heterocycles. The number of ether oxygens (including phenoxy) is 1. The van der Waals surface area contributed by atoms with E-state index in [1.54, 1.807) is 6.20 Å². The monoisotopic (exact) mass is 300 g/mol. The number of nitrogens with zero attached hydrogens (tertiary/aromatic N) is 1. The van der Waals surface area contributed by atoms with E-state index < -0.39 is 0 Å². The van der Waals surface area contributed by atoms with Crippen molar-refractivity contribution in [2.75, 3.05) is 0 Å². The zero-order valence-electron chi connectivity index (χ0n) is 10.9. The number of pyridine rings is 1. The molecule has 0 radical (unpaired) electrons. The quantitative estimate of drug-likeness (QED) is 0.930. The first-order valence-electron chi connectivity index (χ1n) is 5.61. The second kappa shape index (κ2) is 8.00. The lowest BCUT2D eigenvalue weighted by Crippen LogP contribution is -2.05. The summed E-state index contributed by atoms with van der Waals surface area (Å²) in [4.78, 5) is 4.22. The molecule has 0 saturated carbocycles. The Kier molecular flexibility index (Phi) is 7.45. The number of nitrogens with two attached hydrogens (primary N) is 1. The van der Waals surface area contributed by atoms with Crippen molar-refractivity contribution in [2.45, 2.75) is 19.9 Å². The SMILES string of the molecule is Cc1ccc(Oc2ccc(C(C)N)cn2)cc1.Cl.Cl. The van der Waals surface area contributed by atoms with Gasteiger partial charge in [-0.2, -0.15) is 0 Å². The molecule has 19 heavy (non-hydrogen) atoms. The normalized spacial score (nSPS) is 10.9. The van der Waals surface area contributed by atoms with E-state index in [0.29, 0.717) is 5.88 Å². The molecule has 0 saturated heterocycles. The van der Waals surface area contributed by atoms with E-state index >= 15 is 0 Å². The van der Waals surface area contributed by atoms with Gasteiger partial charge in [-0.1, -0.05) is 23.8 Å². The van der Waals surface area contributed by atoms with Gasteiger partial charge < -0.3 is 10.5 Å². The highest BCUT2D eigenvalue weighted by Crippen LogP contribution is 2.20. The molecule has 2 N–H and O–H groups in total. The number of aromatic nitrogens is 1. The van der Waals surface area contributed by atoms with Crippen LogP contribution in [0.5, 0.6) is 11.6 Å². The third-order valence-electron chi connectivity index (χ3n) is 2.53. The minimum absolute atomic E-state index is 0. The molecule has 0 spiro atoms. The summed E-state index contributed by atoms with van der Waals surface area (Å²) in [5.74, 6) is 1.37. The van der Waals surface area contributed by atoms with Gasteiger partial charge in [0.2, 0.25) is 5.88 Å². The van der Waals surface area contributed by atoms with Gasteiger partial charge in [-0.05, 0) is 31.5 Å². The summed E-state index contributed by atoms with van der Waals surface area (Å²) in [5, 5.41) is 0. The minimum Gasteiger partial charge on any atom is -0.439 e. The third-order valence-corrected chi connectivity index (χ3v) is 2.53. The summed E-state index contributed by atoms with van der Waals surface area (Å²) in [6, 6.07) is 11.6. The Bertz CT molecular complexity index is 484. The Hall–Kier alpha value is -1.29. The smallest absolute Gasteiger partial charge is 0.219 e. The van der Waals surface area contributed by atoms with E-state index in [-0.39, 0.29) is 30.9 Å². The first-order chi connectivity index (χ1) is 8.15. The number of hydrogen-bond donors (Lipinski definition) is 1. The van der Waals surface area contributed by atoms with Crippen LogP contribution >= 0.6 is 24.8 Å². The summed E-state index contributed by atoms with van der Waals surface area (Å²) in [7, 11) is 0. The summed E-state index contributed by atoms with van der Waals surface area (Å²) in [6.45, 7) is 3.97. The van der Waals surface area contributed by atoms with E-state index in [1.807, 2.05) is 50.2 Å². The average Bonchev–Trinajstić information content (AvgIpc) is 2.33. The number of halogens is 2. The Labute approximate surface area is 126 Å². The zero-order valence-corrected chi connectivity index (χ0v) is 12.5. The summed E-state index contributed by atoms with van der Waals surface area (Å²) >= 11 is 0. The van der Waals surface area contributed by atoms with Crippen LogP contribution < -0.4 is 10.5 Å². The van der Waals surface area contributed by atoms with E-state index in [4.69, 9.17) is 10.5 Å². The molecule has 104 valence electrons. The van der Waals surface area contributed by atoms with Crippen molar-refractivity contribution in [1.29, 1.82) is 0 Å². The van der Waals surface area contributed by atoms with Gasteiger partial charge >= 0.3 is 0 Å². The Balaban J connectivity index is 0.00000162. The standard InChI is InChI=1S/C14H16N2O.2ClH/c1-10-3-6-13(7-4-10)17-14-8-5-12(9-16-14)11(2)15;;/h3-9,11H,15H2,1-2H3;2*1H. The Morgan fingerprint density at radius 3 is 2.16 bits per heavy atom. The predicted octanol–water partition coefficient (Wildman–Crippen LogP) is 4.05. The van der Waals surface area contributed by atoms with Crippen LogP contribution in [0, 0.1) is 6.92 Å². The fraction of sp³-hybridized carbons (Fsp3) is 0.214. The summed E-state index contributed by atoms with van der Waals surface area (Å²) in [6.07, 6.45) is 1.74. The molecule has 3 nitrogen and oxygen atoms in total. The van der Waals surface area contributed by atoms with Crippen LogP contribution in [0.15, 0.2) is 42.6 Å². The number of benzene rings is 1. The predicted molar refractivity (Wildman–Crippen MR) is 82.6 cm³/mol. The van der Waals surface area contributed by atoms with Crippen molar-refractivity contribution in [1.82, 2.24) is 4.98 Å². The maximum absolute atomic E-state index is 5.75. The second-order valence-electron chi connectivity index (χ2n) is 4.13. The summed E-state index contributed by atoms with van der Waals surface area (Å²) in [5.41, 5.74) is 7.96. The lowest BCUT2D eigenvalue weighted by atomic mass is 10.2. The maximum Gasteiger partial charge on any atom is 0.219 e. The topological polar surface area (TPSA) is 48.1 Å². The van der Waals surface area contributed by atoms with Crippen molar-refractivity contribution in [3.63, 3.8) is 0 Å². The molecule has 1 aromatic carbocycles. The maximum atomic E-state index is 5.75. The molecule has 5 heteroatoms. The van der Waals surface area contributed by atoms with Crippen LogP contribution in [0.1, 0.15) is 24.1 Å². The Morgan fingerprint density at radius 1 is 1.05 bits per heavy atom. The van der Waals surface area contributed by atoms with E-state index in [1.165, 1.54) is 5.56 Å². The number of aryl methyl sites for hydroxylation is 1. The highest BCUT2D eigenvalue weighted by Gasteiger charge is 2.01. The van der Waals surface area contributed by atoms with Crippen molar-refractivity contribution in [2.24, 2.45) is 5.73 Å². The highest BCUT2D eigenvalue weighted by molar-refractivity contribution is 5.85. The largest absolute Gasteiger partial charge is 0.439 e. The van der Waals surface area contributed by atoms with E-state index in [0.717, 1.165) is 11.3 Å². The van der Waals surface area contributed by atoms with Crippen LogP contribution in [-0.4, -0.2) is 4.98 Å². The fourth-order valence-electron chi connectivity index (χ4n) is 1.45. The van der Waals surface area contributed by atoms with Gasteiger partial charge in [0, 0.05) is 18.3 Å². The van der Waals surface area contributed by atoms with Crippen LogP contribution in [0.25, 0.3) is 0 Å². The minimum atomic E-state index is -0.00377. The molecule has 0 aliphatic rings. The summed E-state index contributed by atoms with van der Waals surface area (Å²) < 4.78 is 5.62. The van der Waals surface area contributed by atoms with Gasteiger partial charge in [0.15, 0.2) is 0 Å². The van der Waals surface area contributed by atoms with Crippen LogP contribution in [0.3, 0.4) is 0 Å². The molecule has 1 unspecified atom stereocenters.